The Bertz CT molecular complexity index is 1130. The van der Waals surface area contributed by atoms with Crippen molar-refractivity contribution in [2.24, 2.45) is 5.41 Å². The Kier molecular flexibility index (Phi) is 3.98. The summed E-state index contributed by atoms with van der Waals surface area (Å²) >= 11 is 0. The molecule has 29 heavy (non-hydrogen) atoms. The van der Waals surface area contributed by atoms with Gasteiger partial charge in [-0.1, -0.05) is 25.1 Å². The predicted octanol–water partition coefficient (Wildman–Crippen LogP) is 3.92. The van der Waals surface area contributed by atoms with E-state index in [0.29, 0.717) is 17.2 Å². The highest BCUT2D eigenvalue weighted by atomic mass is 16.3. The Morgan fingerprint density at radius 2 is 2.14 bits per heavy atom. The Balaban J connectivity index is 1.52. The normalized spacial score (nSPS) is 20.2. The second kappa shape index (κ2) is 6.44. The average molecular weight is 388 g/mol. The minimum absolute atomic E-state index is 0.0211. The van der Waals surface area contributed by atoms with Gasteiger partial charge in [0.15, 0.2) is 5.65 Å². The van der Waals surface area contributed by atoms with Crippen molar-refractivity contribution in [1.82, 2.24) is 20.1 Å². The first kappa shape index (κ1) is 17.9. The van der Waals surface area contributed by atoms with Crippen molar-refractivity contribution in [3.8, 4) is 17.0 Å². The number of nitrogens with one attached hydrogen (secondary N) is 1. The first-order valence-electron chi connectivity index (χ1n) is 10.1. The number of carbonyl (C=O) groups is 1. The molecule has 2 fully saturated rings. The van der Waals surface area contributed by atoms with E-state index in [9.17, 15) is 9.90 Å². The lowest BCUT2D eigenvalue weighted by atomic mass is 9.69. The third-order valence-electron chi connectivity index (χ3n) is 6.79. The fourth-order valence-electron chi connectivity index (χ4n) is 5.27. The number of aromatic nitrogens is 3. The number of aromatic hydroxyl groups is 1. The third kappa shape index (κ3) is 2.66. The summed E-state index contributed by atoms with van der Waals surface area (Å²) in [5, 5.41) is 19.9. The molecule has 1 aromatic carbocycles. The highest BCUT2D eigenvalue weighted by Gasteiger charge is 2.53. The van der Waals surface area contributed by atoms with Gasteiger partial charge in [-0.3, -0.25) is 4.79 Å². The average Bonchev–Trinajstić information content (AvgIpc) is 3.28. The van der Waals surface area contributed by atoms with Gasteiger partial charge in [-0.15, -0.1) is 10.2 Å². The molecule has 1 aliphatic carbocycles. The maximum absolute atomic E-state index is 11.9. The molecule has 1 saturated carbocycles. The van der Waals surface area contributed by atoms with Crippen molar-refractivity contribution in [3.05, 3.63) is 54.2 Å². The van der Waals surface area contributed by atoms with E-state index in [1.165, 1.54) is 23.8 Å². The molecule has 1 unspecified atom stereocenters. The fourth-order valence-corrected chi connectivity index (χ4v) is 5.27. The molecule has 0 radical (unpaired) electrons. The molecule has 148 valence electrons. The molecule has 1 saturated heterocycles. The number of phenolic OH excluding ortho intramolecular Hbond substituents is 1. The van der Waals surface area contributed by atoms with Crippen molar-refractivity contribution in [3.63, 3.8) is 0 Å². The number of fused-ring (bicyclic) bond motifs is 1. The largest absolute Gasteiger partial charge is 0.507 e. The van der Waals surface area contributed by atoms with Crippen LogP contribution in [0.4, 0.5) is 0 Å². The molecule has 1 atom stereocenters. The quantitative estimate of drug-likeness (QED) is 0.666. The second-order valence-corrected chi connectivity index (χ2v) is 8.38. The molecule has 1 amide bonds. The summed E-state index contributed by atoms with van der Waals surface area (Å²) in [4.78, 5) is 17.4. The monoisotopic (exact) mass is 388 g/mol. The van der Waals surface area contributed by atoms with Gasteiger partial charge in [0, 0.05) is 41.1 Å². The Hall–Kier alpha value is -3.15. The van der Waals surface area contributed by atoms with Crippen LogP contribution in [0.15, 0.2) is 43.0 Å². The minimum Gasteiger partial charge on any atom is -0.507 e. The summed E-state index contributed by atoms with van der Waals surface area (Å²) in [6.45, 7) is 7.33. The minimum atomic E-state index is 0.0211. The van der Waals surface area contributed by atoms with E-state index in [4.69, 9.17) is 0 Å². The zero-order valence-electron chi connectivity index (χ0n) is 16.5. The molecule has 0 bridgehead atoms. The number of amides is 1. The smallest absolute Gasteiger partial charge is 0.245 e. The fraction of sp³-hybridized carbons (Fsp3) is 0.348. The van der Waals surface area contributed by atoms with Gasteiger partial charge in [-0.2, -0.15) is 0 Å². The molecule has 1 aliphatic heterocycles. The number of H-pyrrole nitrogens is 1. The Labute approximate surface area is 169 Å². The van der Waals surface area contributed by atoms with Gasteiger partial charge in [0.1, 0.15) is 5.75 Å². The topological polar surface area (TPSA) is 82.1 Å². The van der Waals surface area contributed by atoms with Gasteiger partial charge in [0.2, 0.25) is 5.91 Å². The van der Waals surface area contributed by atoms with E-state index in [1.807, 2.05) is 23.1 Å². The number of para-hydroxylation sites is 1. The maximum atomic E-state index is 11.9. The zero-order valence-corrected chi connectivity index (χ0v) is 16.5. The molecular weight excluding hydrogens is 364 g/mol. The predicted molar refractivity (Wildman–Crippen MR) is 112 cm³/mol. The molecular formula is C23H24N4O2. The van der Waals surface area contributed by atoms with Gasteiger partial charge in [0.05, 0.1) is 5.69 Å². The van der Waals surface area contributed by atoms with Crippen LogP contribution in [0, 0.1) is 12.3 Å². The van der Waals surface area contributed by atoms with Crippen molar-refractivity contribution < 1.29 is 9.90 Å². The molecule has 5 rings (SSSR count). The number of nitrogens with zero attached hydrogens (tertiary/aromatic N) is 3. The molecule has 1 spiro atoms. The molecule has 6 nitrogen and oxygen atoms in total. The van der Waals surface area contributed by atoms with Crippen molar-refractivity contribution >= 4 is 16.9 Å². The van der Waals surface area contributed by atoms with Crippen molar-refractivity contribution in [2.75, 3.05) is 13.1 Å². The third-order valence-corrected chi connectivity index (χ3v) is 6.79. The number of phenols is 1. The van der Waals surface area contributed by atoms with Crippen LogP contribution in [-0.2, 0) is 4.79 Å². The number of likely N-dealkylation sites (tertiary alicyclic amines) is 1. The van der Waals surface area contributed by atoms with Gasteiger partial charge >= 0.3 is 0 Å². The highest BCUT2D eigenvalue weighted by Crippen LogP contribution is 2.55. The summed E-state index contributed by atoms with van der Waals surface area (Å²) in [5.74, 6) is 0.609. The molecule has 3 aromatic rings. The Morgan fingerprint density at radius 3 is 2.90 bits per heavy atom. The highest BCUT2D eigenvalue weighted by molar-refractivity contribution is 5.88. The van der Waals surface area contributed by atoms with Gasteiger partial charge in [-0.05, 0) is 49.6 Å². The number of aryl methyl sites for hydroxylation is 1. The van der Waals surface area contributed by atoms with E-state index < -0.39 is 0 Å². The summed E-state index contributed by atoms with van der Waals surface area (Å²) in [6.07, 6.45) is 4.83. The lowest BCUT2D eigenvalue weighted by Gasteiger charge is -2.51. The van der Waals surface area contributed by atoms with Crippen molar-refractivity contribution in [2.45, 2.75) is 32.1 Å². The van der Waals surface area contributed by atoms with Gasteiger partial charge in [-0.25, -0.2) is 0 Å². The number of aromatic amines is 1. The lowest BCUT2D eigenvalue weighted by Crippen LogP contribution is -2.59. The lowest BCUT2D eigenvalue weighted by molar-refractivity contribution is -0.138. The Morgan fingerprint density at radius 1 is 1.34 bits per heavy atom. The van der Waals surface area contributed by atoms with Crippen LogP contribution in [-0.4, -0.2) is 44.2 Å². The summed E-state index contributed by atoms with van der Waals surface area (Å²) < 4.78 is 0. The first-order valence-corrected chi connectivity index (χ1v) is 10.1. The number of benzene rings is 1. The number of hydrogen-bond acceptors (Lipinski definition) is 4. The van der Waals surface area contributed by atoms with Crippen LogP contribution in [0.3, 0.4) is 0 Å². The molecule has 2 N–H and O–H groups in total. The first-order chi connectivity index (χ1) is 14.0. The number of carbonyl (C=O) groups excluding carboxylic acids is 1. The van der Waals surface area contributed by atoms with Crippen LogP contribution < -0.4 is 0 Å². The molecule has 2 aliphatic rings. The molecule has 6 heteroatoms. The summed E-state index contributed by atoms with van der Waals surface area (Å²) in [6, 6.07) is 9.18. The molecule has 2 aromatic heterocycles. The summed E-state index contributed by atoms with van der Waals surface area (Å²) in [5.41, 5.74) is 4.67. The van der Waals surface area contributed by atoms with Gasteiger partial charge < -0.3 is 15.0 Å². The van der Waals surface area contributed by atoms with Crippen LogP contribution >= 0.6 is 0 Å². The van der Waals surface area contributed by atoms with E-state index in [2.05, 4.69) is 28.7 Å². The van der Waals surface area contributed by atoms with E-state index in [0.717, 1.165) is 37.0 Å². The standard InChI is InChI=1S/C23H24N4O2/c1-3-20(29)27-12-23(13-27)10-6-8-17(23)21-14(2)16-11-18(25-26-22(16)24-21)15-7-4-5-9-19(15)28/h3-5,7,9,11,17,28H,1,6,8,10,12-13H2,2H3,(H,24,26). The zero-order chi connectivity index (χ0) is 20.2. The van der Waals surface area contributed by atoms with E-state index in [-0.39, 0.29) is 17.1 Å². The van der Waals surface area contributed by atoms with Crippen LogP contribution in [0.5, 0.6) is 5.75 Å². The SMILES string of the molecule is C=CC(=O)N1CC2(CCCC2c2[nH]c3nnc(-c4ccccc4O)cc3c2C)C1. The maximum Gasteiger partial charge on any atom is 0.245 e. The van der Waals surface area contributed by atoms with Crippen LogP contribution in [0.1, 0.15) is 36.4 Å². The van der Waals surface area contributed by atoms with E-state index in [1.54, 1.807) is 12.1 Å². The summed E-state index contributed by atoms with van der Waals surface area (Å²) in [7, 11) is 0. The van der Waals surface area contributed by atoms with Crippen LogP contribution in [0.2, 0.25) is 0 Å². The van der Waals surface area contributed by atoms with Crippen molar-refractivity contribution in [1.29, 1.82) is 0 Å². The van der Waals surface area contributed by atoms with Crippen LogP contribution in [0.25, 0.3) is 22.3 Å². The number of rotatable bonds is 3. The second-order valence-electron chi connectivity index (χ2n) is 8.38. The van der Waals surface area contributed by atoms with Gasteiger partial charge in [0.25, 0.3) is 0 Å². The molecule has 3 heterocycles. The number of hydrogen-bond donors (Lipinski definition) is 2. The van der Waals surface area contributed by atoms with E-state index >= 15 is 0 Å².